The Morgan fingerprint density at radius 3 is 2.55 bits per heavy atom. The molecule has 0 saturated heterocycles. The van der Waals surface area contributed by atoms with Crippen molar-refractivity contribution in [2.45, 2.75) is 13.0 Å². The second-order valence-corrected chi connectivity index (χ2v) is 5.75. The van der Waals surface area contributed by atoms with Gasteiger partial charge in [0.2, 0.25) is 11.8 Å². The maximum absolute atomic E-state index is 5.69. The average molecular weight is 358 g/mol. The number of hydrogen-bond acceptors (Lipinski definition) is 4. The fourth-order valence-corrected chi connectivity index (χ4v) is 2.60. The van der Waals surface area contributed by atoms with E-state index < -0.39 is 0 Å². The summed E-state index contributed by atoms with van der Waals surface area (Å²) in [5.41, 5.74) is 2.22. The number of nitrogens with one attached hydrogen (secondary N) is 1. The van der Waals surface area contributed by atoms with E-state index in [4.69, 9.17) is 4.42 Å². The lowest BCUT2D eigenvalue weighted by Gasteiger charge is -2.02. The van der Waals surface area contributed by atoms with Gasteiger partial charge in [0.25, 0.3) is 0 Å². The molecule has 3 rings (SSSR count). The second kappa shape index (κ2) is 7.33. The molecular weight excluding hydrogens is 342 g/mol. The van der Waals surface area contributed by atoms with Crippen LogP contribution < -0.4 is 5.32 Å². The lowest BCUT2D eigenvalue weighted by atomic mass is 10.1. The predicted octanol–water partition coefficient (Wildman–Crippen LogP) is 3.83. The van der Waals surface area contributed by atoms with E-state index in [1.165, 1.54) is 5.56 Å². The predicted molar refractivity (Wildman–Crippen MR) is 89.3 cm³/mol. The monoisotopic (exact) mass is 357 g/mol. The highest BCUT2D eigenvalue weighted by Crippen LogP contribution is 2.26. The molecule has 0 aliphatic heterocycles. The number of nitrogens with zero attached hydrogens (tertiary/aromatic N) is 2. The maximum atomic E-state index is 5.69. The highest BCUT2D eigenvalue weighted by atomic mass is 79.9. The summed E-state index contributed by atoms with van der Waals surface area (Å²) < 4.78 is 6.63. The highest BCUT2D eigenvalue weighted by Gasteiger charge is 2.10. The molecule has 112 valence electrons. The molecule has 0 spiro atoms. The first-order valence-electron chi connectivity index (χ1n) is 7.15. The Morgan fingerprint density at radius 2 is 1.73 bits per heavy atom. The molecule has 0 radical (unpaired) electrons. The van der Waals surface area contributed by atoms with Gasteiger partial charge < -0.3 is 9.73 Å². The van der Waals surface area contributed by atoms with Crippen molar-refractivity contribution in [3.8, 4) is 11.5 Å². The third kappa shape index (κ3) is 3.81. The van der Waals surface area contributed by atoms with Crippen molar-refractivity contribution >= 4 is 15.9 Å². The van der Waals surface area contributed by atoms with Gasteiger partial charge in [-0.1, -0.05) is 42.5 Å². The molecule has 22 heavy (non-hydrogen) atoms. The molecule has 0 bridgehead atoms. The standard InChI is InChI=1S/C17H16BrN3O/c18-15-9-5-4-8-14(15)17-21-20-16(22-17)12-19-11-10-13-6-2-1-3-7-13/h1-9,19H,10-12H2. The Kier molecular flexibility index (Phi) is 4.98. The van der Waals surface area contributed by atoms with Crippen LogP contribution in [0.4, 0.5) is 0 Å². The SMILES string of the molecule is Brc1ccccc1-c1nnc(CNCCc2ccccc2)o1. The fraction of sp³-hybridized carbons (Fsp3) is 0.176. The Hall–Kier alpha value is -1.98. The van der Waals surface area contributed by atoms with Crippen molar-refractivity contribution < 1.29 is 4.42 Å². The summed E-state index contributed by atoms with van der Waals surface area (Å²) >= 11 is 3.49. The van der Waals surface area contributed by atoms with E-state index in [1.54, 1.807) is 0 Å². The molecule has 1 heterocycles. The minimum absolute atomic E-state index is 0.535. The maximum Gasteiger partial charge on any atom is 0.248 e. The van der Waals surface area contributed by atoms with E-state index in [0.29, 0.717) is 18.3 Å². The molecule has 3 aromatic rings. The molecule has 1 N–H and O–H groups in total. The molecule has 0 saturated carbocycles. The van der Waals surface area contributed by atoms with Gasteiger partial charge in [0.1, 0.15) is 0 Å². The van der Waals surface area contributed by atoms with E-state index in [9.17, 15) is 0 Å². The fourth-order valence-electron chi connectivity index (χ4n) is 2.14. The Morgan fingerprint density at radius 1 is 0.955 bits per heavy atom. The van der Waals surface area contributed by atoms with Crippen LogP contribution in [0.2, 0.25) is 0 Å². The van der Waals surface area contributed by atoms with Gasteiger partial charge in [0.05, 0.1) is 12.1 Å². The zero-order chi connectivity index (χ0) is 15.2. The van der Waals surface area contributed by atoms with Crippen molar-refractivity contribution in [2.75, 3.05) is 6.54 Å². The molecule has 0 unspecified atom stereocenters. The van der Waals surface area contributed by atoms with Crippen molar-refractivity contribution in [2.24, 2.45) is 0 Å². The first kappa shape index (κ1) is 14.9. The summed E-state index contributed by atoms with van der Waals surface area (Å²) in [4.78, 5) is 0. The van der Waals surface area contributed by atoms with E-state index in [0.717, 1.165) is 23.0 Å². The first-order chi connectivity index (χ1) is 10.8. The topological polar surface area (TPSA) is 51.0 Å². The zero-order valence-electron chi connectivity index (χ0n) is 12.0. The largest absolute Gasteiger partial charge is 0.419 e. The molecule has 0 fully saturated rings. The van der Waals surface area contributed by atoms with E-state index in [1.807, 2.05) is 30.3 Å². The minimum Gasteiger partial charge on any atom is -0.419 e. The minimum atomic E-state index is 0.535. The zero-order valence-corrected chi connectivity index (χ0v) is 13.6. The third-order valence-corrected chi connectivity index (χ3v) is 3.97. The lowest BCUT2D eigenvalue weighted by Crippen LogP contribution is -2.16. The van der Waals surface area contributed by atoms with Gasteiger partial charge in [0.15, 0.2) is 0 Å². The van der Waals surface area contributed by atoms with Crippen LogP contribution in [-0.2, 0) is 13.0 Å². The summed E-state index contributed by atoms with van der Waals surface area (Å²) in [5.74, 6) is 1.13. The molecule has 4 nitrogen and oxygen atoms in total. The summed E-state index contributed by atoms with van der Waals surface area (Å²) in [5, 5.41) is 11.5. The van der Waals surface area contributed by atoms with Crippen molar-refractivity contribution in [3.05, 3.63) is 70.5 Å². The normalized spacial score (nSPS) is 10.8. The van der Waals surface area contributed by atoms with Crippen LogP contribution in [-0.4, -0.2) is 16.7 Å². The highest BCUT2D eigenvalue weighted by molar-refractivity contribution is 9.10. The summed E-state index contributed by atoms with van der Waals surface area (Å²) in [7, 11) is 0. The van der Waals surface area contributed by atoms with Crippen LogP contribution in [0.3, 0.4) is 0 Å². The van der Waals surface area contributed by atoms with Gasteiger partial charge in [-0.3, -0.25) is 0 Å². The lowest BCUT2D eigenvalue weighted by molar-refractivity contribution is 0.478. The van der Waals surface area contributed by atoms with Crippen LogP contribution in [0, 0.1) is 0 Å². The van der Waals surface area contributed by atoms with E-state index >= 15 is 0 Å². The van der Waals surface area contributed by atoms with Gasteiger partial charge in [-0.25, -0.2) is 0 Å². The van der Waals surface area contributed by atoms with Gasteiger partial charge in [0, 0.05) is 4.47 Å². The molecular formula is C17H16BrN3O. The summed E-state index contributed by atoms with van der Waals surface area (Å²) in [6.45, 7) is 1.45. The van der Waals surface area contributed by atoms with Crippen LogP contribution >= 0.6 is 15.9 Å². The first-order valence-corrected chi connectivity index (χ1v) is 7.94. The van der Waals surface area contributed by atoms with E-state index in [2.05, 4.69) is 55.7 Å². The number of hydrogen-bond donors (Lipinski definition) is 1. The molecule has 1 aromatic heterocycles. The molecule has 0 aliphatic rings. The van der Waals surface area contributed by atoms with E-state index in [-0.39, 0.29) is 0 Å². The van der Waals surface area contributed by atoms with Crippen LogP contribution in [0.1, 0.15) is 11.5 Å². The third-order valence-electron chi connectivity index (χ3n) is 3.28. The van der Waals surface area contributed by atoms with Gasteiger partial charge in [-0.2, -0.15) is 0 Å². The molecule has 0 aliphatic carbocycles. The molecule has 0 amide bonds. The Balaban J connectivity index is 1.53. The Labute approximate surface area is 137 Å². The number of halogens is 1. The summed E-state index contributed by atoms with van der Waals surface area (Å²) in [6, 6.07) is 18.2. The number of rotatable bonds is 6. The second-order valence-electron chi connectivity index (χ2n) is 4.89. The van der Waals surface area contributed by atoms with Gasteiger partial charge >= 0.3 is 0 Å². The number of benzene rings is 2. The Bertz CT molecular complexity index is 728. The van der Waals surface area contributed by atoms with Crippen molar-refractivity contribution in [1.29, 1.82) is 0 Å². The van der Waals surface area contributed by atoms with Gasteiger partial charge in [-0.15, -0.1) is 10.2 Å². The smallest absolute Gasteiger partial charge is 0.248 e. The van der Waals surface area contributed by atoms with Crippen LogP contribution in [0.25, 0.3) is 11.5 Å². The molecule has 5 heteroatoms. The molecule has 0 atom stereocenters. The van der Waals surface area contributed by atoms with Crippen LogP contribution in [0.5, 0.6) is 0 Å². The average Bonchev–Trinajstić information content (AvgIpc) is 3.02. The van der Waals surface area contributed by atoms with Gasteiger partial charge in [-0.05, 0) is 46.6 Å². The summed E-state index contributed by atoms with van der Waals surface area (Å²) in [6.07, 6.45) is 0.978. The van der Waals surface area contributed by atoms with Crippen molar-refractivity contribution in [3.63, 3.8) is 0 Å². The number of aromatic nitrogens is 2. The molecule has 2 aromatic carbocycles. The van der Waals surface area contributed by atoms with Crippen LogP contribution in [0.15, 0.2) is 63.5 Å². The quantitative estimate of drug-likeness (QED) is 0.681. The van der Waals surface area contributed by atoms with Crippen molar-refractivity contribution in [1.82, 2.24) is 15.5 Å².